The van der Waals surface area contributed by atoms with Crippen LogP contribution in [0.5, 0.6) is 0 Å². The van der Waals surface area contributed by atoms with E-state index in [0.29, 0.717) is 36.9 Å². The van der Waals surface area contributed by atoms with Crippen LogP contribution in [0.4, 0.5) is 13.2 Å². The number of hydrogen-bond donors (Lipinski definition) is 0. The van der Waals surface area contributed by atoms with Crippen molar-refractivity contribution in [2.24, 2.45) is 0 Å². The van der Waals surface area contributed by atoms with Crippen molar-refractivity contribution in [2.75, 3.05) is 27.2 Å². The number of carbonyl (C=O) groups is 1. The molecule has 0 radical (unpaired) electrons. The fourth-order valence-electron chi connectivity index (χ4n) is 2.93. The van der Waals surface area contributed by atoms with Crippen molar-refractivity contribution in [3.63, 3.8) is 0 Å². The minimum absolute atomic E-state index is 0.0593. The lowest BCUT2D eigenvalue weighted by Crippen LogP contribution is -2.36. The Morgan fingerprint density at radius 2 is 1.87 bits per heavy atom. The lowest BCUT2D eigenvalue weighted by Gasteiger charge is -2.24. The molecule has 5 nitrogen and oxygen atoms in total. The van der Waals surface area contributed by atoms with E-state index in [-0.39, 0.29) is 5.91 Å². The third-order valence-corrected chi connectivity index (χ3v) is 5.46. The lowest BCUT2D eigenvalue weighted by atomic mass is 10.1. The minimum Gasteiger partial charge on any atom is -0.329 e. The van der Waals surface area contributed by atoms with Crippen LogP contribution in [0.15, 0.2) is 54.2 Å². The zero-order valence-electron chi connectivity index (χ0n) is 16.8. The van der Waals surface area contributed by atoms with Gasteiger partial charge in [0.05, 0.1) is 17.0 Å². The molecule has 2 aromatic heterocycles. The first kappa shape index (κ1) is 22.0. The Balaban J connectivity index is 1.75. The van der Waals surface area contributed by atoms with Crippen LogP contribution in [0.1, 0.15) is 26.6 Å². The van der Waals surface area contributed by atoms with E-state index in [4.69, 9.17) is 0 Å². The highest BCUT2D eigenvalue weighted by molar-refractivity contribution is 7.12. The third kappa shape index (κ3) is 5.70. The van der Waals surface area contributed by atoms with Crippen molar-refractivity contribution in [1.82, 2.24) is 19.4 Å². The first-order valence-electron chi connectivity index (χ1n) is 9.37. The topological polar surface area (TPSA) is 41.4 Å². The summed E-state index contributed by atoms with van der Waals surface area (Å²) in [6.45, 7) is 1.94. The smallest absolute Gasteiger partial charge is 0.329 e. The summed E-state index contributed by atoms with van der Waals surface area (Å²) in [4.78, 5) is 21.7. The van der Waals surface area contributed by atoms with E-state index in [1.807, 2.05) is 35.0 Å². The van der Waals surface area contributed by atoms with E-state index in [1.165, 1.54) is 23.5 Å². The van der Waals surface area contributed by atoms with E-state index in [2.05, 4.69) is 4.98 Å². The van der Waals surface area contributed by atoms with Gasteiger partial charge in [0.25, 0.3) is 5.91 Å². The predicted molar refractivity (Wildman–Crippen MR) is 110 cm³/mol. The lowest BCUT2D eigenvalue weighted by molar-refractivity contribution is -0.137. The highest BCUT2D eigenvalue weighted by atomic mass is 32.1. The molecule has 3 aromatic rings. The first-order chi connectivity index (χ1) is 14.2. The summed E-state index contributed by atoms with van der Waals surface area (Å²) < 4.78 is 40.2. The molecule has 0 saturated carbocycles. The number of thiophene rings is 1. The van der Waals surface area contributed by atoms with E-state index >= 15 is 0 Å². The van der Waals surface area contributed by atoms with Crippen LogP contribution in [0, 0.1) is 0 Å². The van der Waals surface area contributed by atoms with Crippen molar-refractivity contribution in [3.8, 4) is 0 Å². The Hall–Kier alpha value is -2.65. The Morgan fingerprint density at radius 1 is 1.13 bits per heavy atom. The van der Waals surface area contributed by atoms with E-state index in [1.54, 1.807) is 23.4 Å². The predicted octanol–water partition coefficient (Wildman–Crippen LogP) is 4.22. The molecule has 2 heterocycles. The highest BCUT2D eigenvalue weighted by Crippen LogP contribution is 2.29. The van der Waals surface area contributed by atoms with Crippen molar-refractivity contribution in [1.29, 1.82) is 0 Å². The van der Waals surface area contributed by atoms with Crippen LogP contribution >= 0.6 is 11.3 Å². The van der Waals surface area contributed by atoms with Gasteiger partial charge in [-0.2, -0.15) is 13.2 Å². The molecule has 0 bridgehead atoms. The van der Waals surface area contributed by atoms with Crippen LogP contribution in [-0.2, 0) is 19.3 Å². The van der Waals surface area contributed by atoms with E-state index < -0.39 is 11.7 Å². The van der Waals surface area contributed by atoms with E-state index in [0.717, 1.165) is 17.7 Å². The molecular weight excluding hydrogens is 413 g/mol. The van der Waals surface area contributed by atoms with Crippen LogP contribution in [-0.4, -0.2) is 52.4 Å². The van der Waals surface area contributed by atoms with Gasteiger partial charge in [0, 0.05) is 32.0 Å². The second kappa shape index (κ2) is 9.44. The maximum atomic E-state index is 12.9. The molecular formula is C21H23F3N4OS. The number of rotatable bonds is 8. The van der Waals surface area contributed by atoms with Crippen molar-refractivity contribution in [3.05, 3.63) is 76.0 Å². The number of alkyl halides is 3. The molecule has 0 atom stereocenters. The molecule has 9 heteroatoms. The molecule has 1 aromatic carbocycles. The summed E-state index contributed by atoms with van der Waals surface area (Å²) >= 11 is 1.39. The average Bonchev–Trinajstić information content (AvgIpc) is 3.36. The normalized spacial score (nSPS) is 11.8. The molecule has 0 aliphatic carbocycles. The van der Waals surface area contributed by atoms with Crippen molar-refractivity contribution in [2.45, 2.75) is 19.3 Å². The SMILES string of the molecule is CN(C)CCN(Cc1nccn1Cc1ccc(C(F)(F)F)cc1)C(=O)c1cccs1. The number of likely N-dealkylation sites (N-methyl/N-ethyl adjacent to an activating group) is 1. The fourth-order valence-corrected chi connectivity index (χ4v) is 3.62. The van der Waals surface area contributed by atoms with Gasteiger partial charge in [-0.15, -0.1) is 11.3 Å². The van der Waals surface area contributed by atoms with Gasteiger partial charge >= 0.3 is 6.18 Å². The zero-order chi connectivity index (χ0) is 21.7. The summed E-state index contributed by atoms with van der Waals surface area (Å²) in [5.74, 6) is 0.620. The average molecular weight is 437 g/mol. The largest absolute Gasteiger partial charge is 0.416 e. The number of halogens is 3. The second-order valence-electron chi connectivity index (χ2n) is 7.17. The molecule has 0 N–H and O–H groups in total. The Kier molecular flexibility index (Phi) is 6.94. The van der Waals surface area contributed by atoms with Gasteiger partial charge in [-0.1, -0.05) is 18.2 Å². The van der Waals surface area contributed by atoms with Gasteiger partial charge < -0.3 is 14.4 Å². The van der Waals surface area contributed by atoms with Gasteiger partial charge in [0.15, 0.2) is 0 Å². The Bertz CT molecular complexity index is 950. The molecule has 0 saturated heterocycles. The number of carbonyl (C=O) groups excluding carboxylic acids is 1. The number of hydrogen-bond acceptors (Lipinski definition) is 4. The molecule has 0 aliphatic rings. The first-order valence-corrected chi connectivity index (χ1v) is 10.3. The minimum atomic E-state index is -4.35. The van der Waals surface area contributed by atoms with Gasteiger partial charge in [-0.25, -0.2) is 4.98 Å². The molecule has 1 amide bonds. The molecule has 0 aliphatic heterocycles. The van der Waals surface area contributed by atoms with Crippen LogP contribution in [0.2, 0.25) is 0 Å². The molecule has 3 rings (SSSR count). The van der Waals surface area contributed by atoms with Crippen LogP contribution < -0.4 is 0 Å². The highest BCUT2D eigenvalue weighted by Gasteiger charge is 2.30. The zero-order valence-corrected chi connectivity index (χ0v) is 17.6. The maximum absolute atomic E-state index is 12.9. The van der Waals surface area contributed by atoms with Gasteiger partial charge in [0.1, 0.15) is 5.82 Å². The summed E-state index contributed by atoms with van der Waals surface area (Å²) in [6.07, 6.45) is -0.945. The Labute approximate surface area is 177 Å². The van der Waals surface area contributed by atoms with Crippen molar-refractivity contribution >= 4 is 17.2 Å². The number of imidazole rings is 1. The fraction of sp³-hybridized carbons (Fsp3) is 0.333. The summed E-state index contributed by atoms with van der Waals surface area (Å²) in [7, 11) is 3.89. The summed E-state index contributed by atoms with van der Waals surface area (Å²) in [6, 6.07) is 8.73. The Morgan fingerprint density at radius 3 is 2.47 bits per heavy atom. The molecule has 160 valence electrons. The molecule has 0 fully saturated rings. The summed E-state index contributed by atoms with van der Waals surface area (Å²) in [5.41, 5.74) is 0.0557. The van der Waals surface area contributed by atoms with Crippen LogP contribution in [0.25, 0.3) is 0 Å². The molecule has 0 unspecified atom stereocenters. The number of benzene rings is 1. The third-order valence-electron chi connectivity index (χ3n) is 4.60. The molecule has 30 heavy (non-hydrogen) atoms. The van der Waals surface area contributed by atoms with Crippen LogP contribution in [0.3, 0.4) is 0 Å². The van der Waals surface area contributed by atoms with E-state index in [9.17, 15) is 18.0 Å². The summed E-state index contributed by atoms with van der Waals surface area (Å²) in [5, 5.41) is 1.86. The number of aromatic nitrogens is 2. The maximum Gasteiger partial charge on any atom is 0.416 e. The van der Waals surface area contributed by atoms with Gasteiger partial charge in [-0.05, 0) is 43.2 Å². The molecule has 0 spiro atoms. The van der Waals surface area contributed by atoms with Crippen molar-refractivity contribution < 1.29 is 18.0 Å². The second-order valence-corrected chi connectivity index (χ2v) is 8.12. The monoisotopic (exact) mass is 436 g/mol. The number of nitrogens with zero attached hydrogens (tertiary/aromatic N) is 4. The quantitative estimate of drug-likeness (QED) is 0.531. The van der Waals surface area contributed by atoms with Gasteiger partial charge in [0.2, 0.25) is 0 Å². The van der Waals surface area contributed by atoms with Gasteiger partial charge in [-0.3, -0.25) is 4.79 Å². The number of amides is 1. The standard InChI is InChI=1S/C21H23F3N4OS/c1-26(2)11-12-28(20(29)18-4-3-13-30-18)15-19-25-9-10-27(19)14-16-5-7-17(8-6-16)21(22,23)24/h3-10,13H,11-12,14-15H2,1-2H3.